The number of ether oxygens (including phenoxy) is 1. The van der Waals surface area contributed by atoms with Crippen molar-refractivity contribution in [2.45, 2.75) is 38.0 Å². The second-order valence-electron chi connectivity index (χ2n) is 4.99. The molecule has 1 aromatic carbocycles. The summed E-state index contributed by atoms with van der Waals surface area (Å²) in [5, 5.41) is 0. The fourth-order valence-corrected chi connectivity index (χ4v) is 2.92. The predicted molar refractivity (Wildman–Crippen MR) is 66.9 cm³/mol. The maximum absolute atomic E-state index is 14.2. The van der Waals surface area contributed by atoms with Gasteiger partial charge in [0.05, 0.1) is 7.11 Å². The Hall–Kier alpha value is -1.09. The molecule has 3 heteroatoms. The van der Waals surface area contributed by atoms with Crippen LogP contribution in [-0.2, 0) is 5.41 Å². The average Bonchev–Trinajstić information content (AvgIpc) is 2.81. The van der Waals surface area contributed by atoms with E-state index in [-0.39, 0.29) is 11.2 Å². The van der Waals surface area contributed by atoms with Gasteiger partial charge >= 0.3 is 0 Å². The van der Waals surface area contributed by atoms with Gasteiger partial charge in [-0.2, -0.15) is 0 Å². The summed E-state index contributed by atoms with van der Waals surface area (Å²) in [5.74, 6) is 0.427. The highest BCUT2D eigenvalue weighted by Gasteiger charge is 2.36. The van der Waals surface area contributed by atoms with Gasteiger partial charge in [-0.15, -0.1) is 0 Å². The van der Waals surface area contributed by atoms with E-state index in [1.54, 1.807) is 7.11 Å². The molecule has 94 valence electrons. The first-order valence-electron chi connectivity index (χ1n) is 6.17. The molecule has 1 aliphatic carbocycles. The third-order valence-corrected chi connectivity index (χ3v) is 4.01. The Bertz CT molecular complexity index is 411. The molecule has 1 aromatic rings. The normalized spacial score (nSPS) is 18.4. The second kappa shape index (κ2) is 4.65. The molecule has 0 spiro atoms. The third-order valence-electron chi connectivity index (χ3n) is 4.01. The number of hydrogen-bond donors (Lipinski definition) is 1. The molecule has 0 aromatic heterocycles. The van der Waals surface area contributed by atoms with Gasteiger partial charge < -0.3 is 10.5 Å². The van der Waals surface area contributed by atoms with Crippen molar-refractivity contribution in [3.05, 3.63) is 29.1 Å². The first kappa shape index (κ1) is 12.4. The van der Waals surface area contributed by atoms with Crippen LogP contribution in [0.3, 0.4) is 0 Å². The van der Waals surface area contributed by atoms with Crippen LogP contribution in [0.4, 0.5) is 4.39 Å². The quantitative estimate of drug-likeness (QED) is 0.877. The minimum absolute atomic E-state index is 0.152. The van der Waals surface area contributed by atoms with Gasteiger partial charge in [-0.05, 0) is 37.0 Å². The lowest BCUT2D eigenvalue weighted by Crippen LogP contribution is -2.33. The lowest BCUT2D eigenvalue weighted by Gasteiger charge is -2.29. The molecule has 0 saturated heterocycles. The van der Waals surface area contributed by atoms with Crippen molar-refractivity contribution in [1.82, 2.24) is 0 Å². The zero-order valence-electron chi connectivity index (χ0n) is 10.6. The maximum atomic E-state index is 14.2. The van der Waals surface area contributed by atoms with E-state index in [9.17, 15) is 4.39 Å². The van der Waals surface area contributed by atoms with Gasteiger partial charge in [-0.3, -0.25) is 0 Å². The van der Waals surface area contributed by atoms with Crippen molar-refractivity contribution in [2.24, 2.45) is 5.73 Å². The Morgan fingerprint density at radius 3 is 2.53 bits per heavy atom. The van der Waals surface area contributed by atoms with Crippen molar-refractivity contribution >= 4 is 0 Å². The molecule has 0 unspecified atom stereocenters. The van der Waals surface area contributed by atoms with Crippen LogP contribution < -0.4 is 10.5 Å². The number of hydrogen-bond acceptors (Lipinski definition) is 2. The van der Waals surface area contributed by atoms with Gasteiger partial charge in [0.1, 0.15) is 11.6 Å². The molecule has 1 fully saturated rings. The van der Waals surface area contributed by atoms with E-state index >= 15 is 0 Å². The second-order valence-corrected chi connectivity index (χ2v) is 4.99. The summed E-state index contributed by atoms with van der Waals surface area (Å²) in [5.41, 5.74) is 7.49. The van der Waals surface area contributed by atoms with Crippen molar-refractivity contribution < 1.29 is 9.13 Å². The Labute approximate surface area is 102 Å². The van der Waals surface area contributed by atoms with E-state index in [1.165, 1.54) is 6.07 Å². The largest absolute Gasteiger partial charge is 0.496 e. The highest BCUT2D eigenvalue weighted by atomic mass is 19.1. The summed E-state index contributed by atoms with van der Waals surface area (Å²) >= 11 is 0. The van der Waals surface area contributed by atoms with Crippen LogP contribution in [0.2, 0.25) is 0 Å². The molecule has 2 N–H and O–H groups in total. The van der Waals surface area contributed by atoms with Crippen LogP contribution in [0.25, 0.3) is 0 Å². The highest BCUT2D eigenvalue weighted by molar-refractivity contribution is 5.41. The number of benzene rings is 1. The number of nitrogens with two attached hydrogens (primary N) is 1. The molecule has 0 radical (unpaired) electrons. The van der Waals surface area contributed by atoms with Crippen LogP contribution in [0.5, 0.6) is 5.75 Å². The summed E-state index contributed by atoms with van der Waals surface area (Å²) in [7, 11) is 1.57. The molecule has 1 saturated carbocycles. The minimum atomic E-state index is -0.181. The SMILES string of the molecule is COc1cc(F)c(C2(CN)CCCC2)cc1C. The minimum Gasteiger partial charge on any atom is -0.496 e. The molecule has 2 rings (SSSR count). The third kappa shape index (κ3) is 2.04. The lowest BCUT2D eigenvalue weighted by molar-refractivity contribution is 0.397. The summed E-state index contributed by atoms with van der Waals surface area (Å²) in [6.07, 6.45) is 4.27. The molecule has 0 atom stereocenters. The number of halogens is 1. The van der Waals surface area contributed by atoms with Crippen molar-refractivity contribution in [3.8, 4) is 5.75 Å². The number of rotatable bonds is 3. The summed E-state index contributed by atoms with van der Waals surface area (Å²) in [6.45, 7) is 2.47. The van der Waals surface area contributed by atoms with E-state index in [2.05, 4.69) is 0 Å². The molecule has 0 heterocycles. The van der Waals surface area contributed by atoms with Crippen molar-refractivity contribution in [3.63, 3.8) is 0 Å². The van der Waals surface area contributed by atoms with Gasteiger partial charge in [0, 0.05) is 18.0 Å². The van der Waals surface area contributed by atoms with Gasteiger partial charge in [0.15, 0.2) is 0 Å². The molecule has 0 amide bonds. The molecule has 0 bridgehead atoms. The van der Waals surface area contributed by atoms with Crippen LogP contribution >= 0.6 is 0 Å². The van der Waals surface area contributed by atoms with Crippen molar-refractivity contribution in [1.29, 1.82) is 0 Å². The van der Waals surface area contributed by atoms with Crippen LogP contribution in [0, 0.1) is 12.7 Å². The number of aryl methyl sites for hydroxylation is 1. The van der Waals surface area contributed by atoms with Crippen LogP contribution in [0.15, 0.2) is 12.1 Å². The van der Waals surface area contributed by atoms with E-state index in [0.717, 1.165) is 36.8 Å². The van der Waals surface area contributed by atoms with Gasteiger partial charge in [0.25, 0.3) is 0 Å². The Morgan fingerprint density at radius 1 is 1.35 bits per heavy atom. The predicted octanol–water partition coefficient (Wildman–Crippen LogP) is 2.91. The first-order valence-corrected chi connectivity index (χ1v) is 6.17. The number of methoxy groups -OCH3 is 1. The first-order chi connectivity index (χ1) is 8.13. The molecule has 2 nitrogen and oxygen atoms in total. The van der Waals surface area contributed by atoms with E-state index in [1.807, 2.05) is 13.0 Å². The van der Waals surface area contributed by atoms with Crippen LogP contribution in [0.1, 0.15) is 36.8 Å². The van der Waals surface area contributed by atoms with E-state index in [4.69, 9.17) is 10.5 Å². The lowest BCUT2D eigenvalue weighted by atomic mass is 9.78. The van der Waals surface area contributed by atoms with Crippen molar-refractivity contribution in [2.75, 3.05) is 13.7 Å². The van der Waals surface area contributed by atoms with Crippen LogP contribution in [-0.4, -0.2) is 13.7 Å². The summed E-state index contributed by atoms with van der Waals surface area (Å²) in [6, 6.07) is 3.40. The average molecular weight is 237 g/mol. The van der Waals surface area contributed by atoms with Gasteiger partial charge in [-0.25, -0.2) is 4.39 Å². The molecular formula is C14H20FNO. The molecule has 17 heavy (non-hydrogen) atoms. The summed E-state index contributed by atoms with van der Waals surface area (Å²) in [4.78, 5) is 0. The Balaban J connectivity index is 2.47. The fourth-order valence-electron chi connectivity index (χ4n) is 2.92. The molecule has 0 aliphatic heterocycles. The van der Waals surface area contributed by atoms with E-state index < -0.39 is 0 Å². The Morgan fingerprint density at radius 2 is 2.00 bits per heavy atom. The van der Waals surface area contributed by atoms with E-state index in [0.29, 0.717) is 12.3 Å². The zero-order valence-corrected chi connectivity index (χ0v) is 10.6. The smallest absolute Gasteiger partial charge is 0.130 e. The highest BCUT2D eigenvalue weighted by Crippen LogP contribution is 2.42. The van der Waals surface area contributed by atoms with Gasteiger partial charge in [-0.1, -0.05) is 12.8 Å². The fraction of sp³-hybridized carbons (Fsp3) is 0.571. The molecule has 1 aliphatic rings. The topological polar surface area (TPSA) is 35.2 Å². The standard InChI is InChI=1S/C14H20FNO/c1-10-7-11(12(15)8-13(10)17-2)14(9-16)5-3-4-6-14/h7-8H,3-6,9,16H2,1-2H3. The summed E-state index contributed by atoms with van der Waals surface area (Å²) < 4.78 is 19.3. The van der Waals surface area contributed by atoms with Gasteiger partial charge in [0.2, 0.25) is 0 Å². The Kier molecular flexibility index (Phi) is 3.38. The maximum Gasteiger partial charge on any atom is 0.130 e. The monoisotopic (exact) mass is 237 g/mol. The zero-order chi connectivity index (χ0) is 12.5. The molecular weight excluding hydrogens is 217 g/mol.